The fourth-order valence-electron chi connectivity index (χ4n) is 12.4. The summed E-state index contributed by atoms with van der Waals surface area (Å²) in [5.41, 5.74) is 19.7. The zero-order chi connectivity index (χ0) is 51.3. The summed E-state index contributed by atoms with van der Waals surface area (Å²) in [6.07, 6.45) is 20.1. The lowest BCUT2D eigenvalue weighted by molar-refractivity contribution is 0.157. The molecule has 0 bridgehead atoms. The van der Waals surface area contributed by atoms with Crippen LogP contribution in [0, 0.1) is 23.7 Å². The molecule has 6 N–H and O–H groups in total. The van der Waals surface area contributed by atoms with Gasteiger partial charge in [0.15, 0.2) is 0 Å². The molecule has 4 aromatic rings. The molecular weight excluding hydrogens is 943 g/mol. The van der Waals surface area contributed by atoms with Gasteiger partial charge >= 0.3 is 0 Å². The Kier molecular flexibility index (Phi) is 22.6. The molecule has 4 atom stereocenters. The van der Waals surface area contributed by atoms with Crippen molar-refractivity contribution in [1.29, 1.82) is 0 Å². The molecule has 388 valence electrons. The maximum absolute atomic E-state index is 6.45. The van der Waals surface area contributed by atoms with Crippen molar-refractivity contribution in [3.05, 3.63) is 139 Å². The maximum atomic E-state index is 6.45. The van der Waals surface area contributed by atoms with Gasteiger partial charge in [-0.1, -0.05) is 176 Å². The third-order valence-electron chi connectivity index (χ3n) is 17.0. The van der Waals surface area contributed by atoms with Crippen LogP contribution in [-0.2, 0) is 21.7 Å². The molecule has 0 radical (unpaired) electrons. The van der Waals surface area contributed by atoms with Crippen LogP contribution in [0.15, 0.2) is 97.1 Å². The molecule has 4 saturated carbocycles. The van der Waals surface area contributed by atoms with E-state index in [1.165, 1.54) is 112 Å². The van der Waals surface area contributed by atoms with Crippen LogP contribution in [-0.4, -0.2) is 38.3 Å². The molecule has 0 heterocycles. The van der Waals surface area contributed by atoms with E-state index in [1.54, 1.807) is 0 Å². The fourth-order valence-corrected chi connectivity index (χ4v) is 12.9. The Morgan fingerprint density at radius 3 is 0.714 bits per heavy atom. The van der Waals surface area contributed by atoms with Crippen molar-refractivity contribution in [2.24, 2.45) is 35.1 Å². The van der Waals surface area contributed by atoms with Crippen molar-refractivity contribution in [2.45, 2.75) is 204 Å². The van der Waals surface area contributed by atoms with Crippen LogP contribution in [0.25, 0.3) is 0 Å². The largest absolute Gasteiger partial charge is 0.327 e. The molecule has 4 aliphatic carbocycles. The minimum absolute atomic E-state index is 0.217. The number of nitrogens with one attached hydrogen (secondary N) is 2. The Morgan fingerprint density at radius 2 is 0.557 bits per heavy atom. The summed E-state index contributed by atoms with van der Waals surface area (Å²) >= 11 is 23.9. The summed E-state index contributed by atoms with van der Waals surface area (Å²) < 4.78 is 0. The van der Waals surface area contributed by atoms with Crippen LogP contribution in [0.5, 0.6) is 0 Å². The van der Waals surface area contributed by atoms with Crippen LogP contribution in [0.2, 0.25) is 20.1 Å². The molecule has 4 nitrogen and oxygen atoms in total. The van der Waals surface area contributed by atoms with Crippen molar-refractivity contribution in [3.63, 3.8) is 0 Å². The molecule has 0 unspecified atom stereocenters. The van der Waals surface area contributed by atoms with Crippen molar-refractivity contribution < 1.29 is 0 Å². The topological polar surface area (TPSA) is 76.1 Å². The molecule has 4 fully saturated rings. The molecule has 0 aliphatic heterocycles. The van der Waals surface area contributed by atoms with E-state index in [4.69, 9.17) is 57.9 Å². The Morgan fingerprint density at radius 1 is 0.357 bits per heavy atom. The molecule has 0 saturated heterocycles. The van der Waals surface area contributed by atoms with Gasteiger partial charge in [0.2, 0.25) is 0 Å². The summed E-state index contributed by atoms with van der Waals surface area (Å²) in [4.78, 5) is 0. The summed E-state index contributed by atoms with van der Waals surface area (Å²) in [6.45, 7) is 18.2. The third-order valence-corrected chi connectivity index (χ3v) is 18.0. The first-order valence-corrected chi connectivity index (χ1v) is 28.7. The average Bonchev–Trinajstić information content (AvgIpc) is 3.24. The van der Waals surface area contributed by atoms with Gasteiger partial charge < -0.3 is 22.1 Å². The second kappa shape index (κ2) is 26.9. The van der Waals surface area contributed by atoms with E-state index in [2.05, 4.69) is 129 Å². The van der Waals surface area contributed by atoms with Crippen molar-refractivity contribution >= 4 is 46.4 Å². The van der Waals surface area contributed by atoms with Crippen LogP contribution in [0.3, 0.4) is 0 Å². The molecule has 4 aliphatic rings. The minimum Gasteiger partial charge on any atom is -0.327 e. The lowest BCUT2D eigenvalue weighted by Gasteiger charge is -2.49. The van der Waals surface area contributed by atoms with E-state index < -0.39 is 0 Å². The molecule has 0 spiro atoms. The van der Waals surface area contributed by atoms with Gasteiger partial charge in [-0.2, -0.15) is 0 Å². The van der Waals surface area contributed by atoms with Gasteiger partial charge in [-0.05, 0) is 186 Å². The highest BCUT2D eigenvalue weighted by Crippen LogP contribution is 2.51. The first-order chi connectivity index (χ1) is 33.2. The molecular formula is C62H92Cl4N4. The van der Waals surface area contributed by atoms with E-state index >= 15 is 0 Å². The van der Waals surface area contributed by atoms with Gasteiger partial charge in [0, 0.05) is 65.9 Å². The number of hydrogen-bond donors (Lipinski definition) is 4. The normalized spacial score (nSPS) is 19.8. The van der Waals surface area contributed by atoms with Crippen molar-refractivity contribution in [1.82, 2.24) is 10.6 Å². The summed E-state index contributed by atoms with van der Waals surface area (Å²) in [5, 5.41) is 10.4. The summed E-state index contributed by atoms with van der Waals surface area (Å²) in [6, 6.07) is 35.2. The standard InChI is InChI=1S/2C16H24ClN.2C15H22ClN/c2*1-12(2)11-15(18-3)16(9-4-10-16)13-5-7-14(17)8-6-13;2*1-11(2)10-14(17)15(8-3-9-15)12-4-6-13(16)7-5-12/h2*5-8,12,15,18H,4,9-11H2,1-3H3;2*4-7,11,14H,3,8-10,17H2,1-2H3/t2*15-;2*14-/m1010/s1. The summed E-state index contributed by atoms with van der Waals surface area (Å²) in [5.74, 6) is 2.78. The SMILES string of the molecule is CC(C)C[C@@H](N)C1(c2ccc(Cl)cc2)CCC1.CC(C)C[C@H](N)C1(c2ccc(Cl)cc2)CCC1.CN[C@@H](CC(C)C)C1(c2ccc(Cl)cc2)CCC1.CN[C@H](CC(C)C)C1(c2ccc(Cl)cc2)CCC1. The second-order valence-electron chi connectivity index (χ2n) is 23.5. The van der Waals surface area contributed by atoms with E-state index in [-0.39, 0.29) is 22.9 Å². The highest BCUT2D eigenvalue weighted by atomic mass is 35.5. The highest BCUT2D eigenvalue weighted by Gasteiger charge is 2.47. The van der Waals surface area contributed by atoms with E-state index in [9.17, 15) is 0 Å². The third kappa shape index (κ3) is 14.6. The second-order valence-corrected chi connectivity index (χ2v) is 25.2. The fraction of sp³-hybridized carbons (Fsp3) is 0.613. The molecule has 4 aromatic carbocycles. The minimum atomic E-state index is 0.217. The number of halogens is 4. The van der Waals surface area contributed by atoms with Crippen molar-refractivity contribution in [3.8, 4) is 0 Å². The van der Waals surface area contributed by atoms with Crippen LogP contribution < -0.4 is 22.1 Å². The smallest absolute Gasteiger partial charge is 0.0406 e. The number of likely N-dealkylation sites (N-methyl/N-ethyl adjacent to an activating group) is 2. The quantitative estimate of drug-likeness (QED) is 0.0801. The van der Waals surface area contributed by atoms with Gasteiger partial charge in [0.05, 0.1) is 0 Å². The Hall–Kier alpha value is -2.12. The van der Waals surface area contributed by atoms with E-state index in [0.717, 1.165) is 44.8 Å². The van der Waals surface area contributed by atoms with Crippen LogP contribution >= 0.6 is 46.4 Å². The van der Waals surface area contributed by atoms with Gasteiger partial charge in [-0.3, -0.25) is 0 Å². The summed E-state index contributed by atoms with van der Waals surface area (Å²) in [7, 11) is 4.20. The van der Waals surface area contributed by atoms with Gasteiger partial charge in [0.25, 0.3) is 0 Å². The lowest BCUT2D eigenvalue weighted by atomic mass is 9.59. The first-order valence-electron chi connectivity index (χ1n) is 27.2. The Balaban J connectivity index is 0.000000174. The Labute approximate surface area is 446 Å². The predicted octanol–water partition coefficient (Wildman–Crippen LogP) is 17.1. The van der Waals surface area contributed by atoms with Crippen molar-refractivity contribution in [2.75, 3.05) is 14.1 Å². The van der Waals surface area contributed by atoms with Crippen LogP contribution in [0.1, 0.15) is 180 Å². The van der Waals surface area contributed by atoms with E-state index in [1.807, 2.05) is 48.5 Å². The van der Waals surface area contributed by atoms with Gasteiger partial charge in [-0.15, -0.1) is 0 Å². The maximum Gasteiger partial charge on any atom is 0.0406 e. The van der Waals surface area contributed by atoms with Gasteiger partial charge in [0.1, 0.15) is 0 Å². The molecule has 0 aromatic heterocycles. The lowest BCUT2D eigenvalue weighted by Crippen LogP contribution is -2.52. The highest BCUT2D eigenvalue weighted by molar-refractivity contribution is 6.31. The predicted molar refractivity (Wildman–Crippen MR) is 307 cm³/mol. The zero-order valence-electron chi connectivity index (χ0n) is 44.8. The number of rotatable bonds is 18. The number of benzene rings is 4. The Bertz CT molecular complexity index is 1950. The number of nitrogens with two attached hydrogens (primary N) is 2. The molecule has 70 heavy (non-hydrogen) atoms. The van der Waals surface area contributed by atoms with Gasteiger partial charge in [-0.25, -0.2) is 0 Å². The molecule has 8 heteroatoms. The first kappa shape index (κ1) is 58.8. The zero-order valence-corrected chi connectivity index (χ0v) is 47.9. The number of hydrogen-bond acceptors (Lipinski definition) is 4. The average molecular weight is 1040 g/mol. The molecule has 0 amide bonds. The van der Waals surface area contributed by atoms with Crippen LogP contribution in [0.4, 0.5) is 0 Å². The molecule has 8 rings (SSSR count). The van der Waals surface area contributed by atoms with E-state index in [0.29, 0.717) is 34.7 Å². The monoisotopic (exact) mass is 1030 g/mol.